The predicted octanol–water partition coefficient (Wildman–Crippen LogP) is 3.28. The first-order valence-corrected chi connectivity index (χ1v) is 8.45. The van der Waals surface area contributed by atoms with Crippen molar-refractivity contribution in [2.75, 3.05) is 0 Å². The van der Waals surface area contributed by atoms with Gasteiger partial charge in [0.15, 0.2) is 5.82 Å². The van der Waals surface area contributed by atoms with Crippen LogP contribution in [0.15, 0.2) is 34.1 Å². The van der Waals surface area contributed by atoms with E-state index in [-0.39, 0.29) is 5.69 Å². The number of aromatic amines is 1. The van der Waals surface area contributed by atoms with Crippen LogP contribution in [-0.2, 0) is 0 Å². The topological polar surface area (TPSA) is 75.9 Å². The molecule has 0 saturated carbocycles. The smallest absolute Gasteiger partial charge is 0.248 e. The van der Waals surface area contributed by atoms with E-state index in [1.54, 1.807) is 0 Å². The Balaban J connectivity index is 2.14. The summed E-state index contributed by atoms with van der Waals surface area (Å²) >= 11 is 6.60. The van der Waals surface area contributed by atoms with Crippen LogP contribution in [0.5, 0.6) is 0 Å². The maximum Gasteiger partial charge on any atom is 0.248 e. The SMILES string of the molecule is Cc1ccc2c(c1Cl)C(c1[nH]c(=O)ccc1F)=N[C@@H](C)c1nnc(C)n1-2. The fraction of sp³-hybridized carbons (Fsp3) is 0.222. The molecule has 0 fully saturated rings. The highest BCUT2D eigenvalue weighted by Gasteiger charge is 2.29. The molecule has 132 valence electrons. The Morgan fingerprint density at radius 2 is 1.96 bits per heavy atom. The van der Waals surface area contributed by atoms with Crippen LogP contribution in [0.1, 0.15) is 41.4 Å². The second kappa shape index (κ2) is 5.88. The van der Waals surface area contributed by atoms with Gasteiger partial charge in [0, 0.05) is 11.6 Å². The lowest BCUT2D eigenvalue weighted by molar-refractivity contribution is 0.616. The van der Waals surface area contributed by atoms with Crippen molar-refractivity contribution < 1.29 is 4.39 Å². The molecule has 26 heavy (non-hydrogen) atoms. The minimum atomic E-state index is -0.575. The van der Waals surface area contributed by atoms with Gasteiger partial charge in [0.25, 0.3) is 0 Å². The lowest BCUT2D eigenvalue weighted by Crippen LogP contribution is -2.18. The summed E-state index contributed by atoms with van der Waals surface area (Å²) < 4.78 is 16.4. The second-order valence-electron chi connectivity index (χ2n) is 6.23. The molecular weight excluding hydrogens is 357 g/mol. The molecule has 0 saturated heterocycles. The normalized spacial score (nSPS) is 15.9. The van der Waals surface area contributed by atoms with Crippen molar-refractivity contribution in [1.29, 1.82) is 0 Å². The van der Waals surface area contributed by atoms with Gasteiger partial charge in [-0.15, -0.1) is 10.2 Å². The number of fused-ring (bicyclic) bond motifs is 3. The summed E-state index contributed by atoms with van der Waals surface area (Å²) in [4.78, 5) is 19.0. The van der Waals surface area contributed by atoms with Crippen LogP contribution in [0, 0.1) is 19.7 Å². The van der Waals surface area contributed by atoms with Crippen molar-refractivity contribution in [3.63, 3.8) is 0 Å². The lowest BCUT2D eigenvalue weighted by Gasteiger charge is -2.15. The molecular formula is C18H15ClFN5O. The quantitative estimate of drug-likeness (QED) is 0.713. The number of H-pyrrole nitrogens is 1. The zero-order chi connectivity index (χ0) is 18.6. The van der Waals surface area contributed by atoms with Crippen LogP contribution < -0.4 is 5.56 Å². The van der Waals surface area contributed by atoms with E-state index >= 15 is 0 Å². The van der Waals surface area contributed by atoms with E-state index in [0.717, 1.165) is 17.7 Å². The molecule has 1 atom stereocenters. The molecule has 0 radical (unpaired) electrons. The van der Waals surface area contributed by atoms with Crippen molar-refractivity contribution in [2.45, 2.75) is 26.8 Å². The average Bonchev–Trinajstić information content (AvgIpc) is 2.93. The molecule has 0 aliphatic carbocycles. The minimum absolute atomic E-state index is 0.00876. The molecule has 4 rings (SSSR count). The maximum absolute atomic E-state index is 14.5. The van der Waals surface area contributed by atoms with Crippen LogP contribution in [0.2, 0.25) is 5.02 Å². The third kappa shape index (κ3) is 2.39. The van der Waals surface area contributed by atoms with Crippen molar-refractivity contribution in [1.82, 2.24) is 19.7 Å². The molecule has 6 nitrogen and oxygen atoms in total. The van der Waals surface area contributed by atoms with E-state index in [0.29, 0.717) is 33.6 Å². The largest absolute Gasteiger partial charge is 0.318 e. The van der Waals surface area contributed by atoms with Gasteiger partial charge in [-0.3, -0.25) is 14.4 Å². The third-order valence-electron chi connectivity index (χ3n) is 4.44. The summed E-state index contributed by atoms with van der Waals surface area (Å²) in [5.74, 6) is 0.720. The van der Waals surface area contributed by atoms with E-state index in [9.17, 15) is 9.18 Å². The van der Waals surface area contributed by atoms with E-state index in [1.165, 1.54) is 0 Å². The second-order valence-corrected chi connectivity index (χ2v) is 6.61. The van der Waals surface area contributed by atoms with E-state index in [1.807, 2.05) is 37.5 Å². The zero-order valence-corrected chi connectivity index (χ0v) is 15.1. The average molecular weight is 372 g/mol. The van der Waals surface area contributed by atoms with E-state index in [2.05, 4.69) is 20.2 Å². The first-order chi connectivity index (χ1) is 12.4. The minimum Gasteiger partial charge on any atom is -0.318 e. The fourth-order valence-electron chi connectivity index (χ4n) is 3.16. The van der Waals surface area contributed by atoms with Gasteiger partial charge < -0.3 is 4.98 Å². The Bertz CT molecular complexity index is 1130. The highest BCUT2D eigenvalue weighted by Crippen LogP contribution is 2.35. The fourth-order valence-corrected chi connectivity index (χ4v) is 3.41. The first kappa shape index (κ1) is 16.7. The van der Waals surface area contributed by atoms with Gasteiger partial charge in [-0.05, 0) is 38.5 Å². The molecule has 0 spiro atoms. The molecule has 0 amide bonds. The van der Waals surface area contributed by atoms with Gasteiger partial charge in [0.05, 0.1) is 16.4 Å². The summed E-state index contributed by atoms with van der Waals surface area (Å²) in [6, 6.07) is 5.61. The molecule has 0 unspecified atom stereocenters. The Morgan fingerprint density at radius 3 is 2.73 bits per heavy atom. The lowest BCUT2D eigenvalue weighted by atomic mass is 10.0. The number of aliphatic imine (C=N–C) groups is 1. The number of hydrogen-bond donors (Lipinski definition) is 1. The third-order valence-corrected chi connectivity index (χ3v) is 4.93. The number of hydrogen-bond acceptors (Lipinski definition) is 4. The van der Waals surface area contributed by atoms with Crippen LogP contribution in [0.3, 0.4) is 0 Å². The molecule has 8 heteroatoms. The van der Waals surface area contributed by atoms with Crippen LogP contribution in [0.25, 0.3) is 5.69 Å². The standard InChI is InChI=1S/C18H15ClFN5O/c1-8-4-6-12-14(15(8)19)17(16-11(20)5-7-13(26)22-16)21-9(2)18-24-23-10(3)25(12)18/h4-7,9H,1-3H3,(H,22,26)/t9-/m0/s1. The number of aryl methyl sites for hydroxylation is 2. The Morgan fingerprint density at radius 1 is 1.19 bits per heavy atom. The molecule has 3 aromatic rings. The Kier molecular flexibility index (Phi) is 3.77. The molecule has 2 aromatic heterocycles. The highest BCUT2D eigenvalue weighted by atomic mass is 35.5. The number of nitrogens with one attached hydrogen (secondary N) is 1. The number of pyridine rings is 1. The van der Waals surface area contributed by atoms with E-state index in [4.69, 9.17) is 11.6 Å². The Hall–Kier alpha value is -2.80. The first-order valence-electron chi connectivity index (χ1n) is 8.07. The van der Waals surface area contributed by atoms with Crippen molar-refractivity contribution in [2.24, 2.45) is 4.99 Å². The van der Waals surface area contributed by atoms with Crippen LogP contribution >= 0.6 is 11.6 Å². The summed E-state index contributed by atoms with van der Waals surface area (Å²) in [7, 11) is 0. The van der Waals surface area contributed by atoms with Crippen molar-refractivity contribution in [3.8, 4) is 5.69 Å². The molecule has 1 aromatic carbocycles. The number of aromatic nitrogens is 4. The molecule has 1 N–H and O–H groups in total. The van der Waals surface area contributed by atoms with Gasteiger partial charge >= 0.3 is 0 Å². The Labute approximate surface area is 153 Å². The number of rotatable bonds is 1. The molecule has 1 aliphatic heterocycles. The van der Waals surface area contributed by atoms with Gasteiger partial charge in [-0.1, -0.05) is 17.7 Å². The van der Waals surface area contributed by atoms with E-state index < -0.39 is 17.4 Å². The number of halogens is 2. The van der Waals surface area contributed by atoms with Gasteiger partial charge in [-0.25, -0.2) is 4.39 Å². The highest BCUT2D eigenvalue weighted by molar-refractivity contribution is 6.36. The summed E-state index contributed by atoms with van der Waals surface area (Å²) in [5, 5.41) is 8.80. The van der Waals surface area contributed by atoms with Crippen LogP contribution in [-0.4, -0.2) is 25.5 Å². The van der Waals surface area contributed by atoms with Crippen molar-refractivity contribution >= 4 is 17.3 Å². The maximum atomic E-state index is 14.5. The predicted molar refractivity (Wildman–Crippen MR) is 96.9 cm³/mol. The monoisotopic (exact) mass is 371 g/mol. The van der Waals surface area contributed by atoms with Gasteiger partial charge in [0.2, 0.25) is 5.56 Å². The van der Waals surface area contributed by atoms with Crippen molar-refractivity contribution in [3.05, 3.63) is 73.9 Å². The summed E-state index contributed by atoms with van der Waals surface area (Å²) in [6.07, 6.45) is 0. The summed E-state index contributed by atoms with van der Waals surface area (Å²) in [5.41, 5.74) is 1.95. The zero-order valence-electron chi connectivity index (χ0n) is 14.3. The number of nitrogens with zero attached hydrogens (tertiary/aromatic N) is 4. The van der Waals surface area contributed by atoms with Gasteiger partial charge in [0.1, 0.15) is 23.4 Å². The van der Waals surface area contributed by atoms with Crippen LogP contribution in [0.4, 0.5) is 4.39 Å². The summed E-state index contributed by atoms with van der Waals surface area (Å²) in [6.45, 7) is 5.53. The molecule has 1 aliphatic rings. The number of benzene rings is 1. The van der Waals surface area contributed by atoms with Gasteiger partial charge in [-0.2, -0.15) is 0 Å². The molecule has 0 bridgehead atoms. The molecule has 3 heterocycles.